The Morgan fingerprint density at radius 1 is 1.37 bits per heavy atom. The summed E-state index contributed by atoms with van der Waals surface area (Å²) in [6.07, 6.45) is -3.13. The fraction of sp³-hybridized carbons (Fsp3) is 0.615. The predicted molar refractivity (Wildman–Crippen MR) is 67.0 cm³/mol. The minimum absolute atomic E-state index is 0.0129. The Morgan fingerprint density at radius 3 is 2.74 bits per heavy atom. The van der Waals surface area contributed by atoms with Crippen LogP contribution in [0, 0.1) is 0 Å². The van der Waals surface area contributed by atoms with E-state index in [0.717, 1.165) is 5.56 Å². The van der Waals surface area contributed by atoms with Crippen LogP contribution in [0.2, 0.25) is 0 Å². The molecule has 6 heteroatoms. The lowest BCUT2D eigenvalue weighted by atomic mass is 10.2. The largest absolute Gasteiger partial charge is 0.475 e. The average Bonchev–Trinajstić information content (AvgIpc) is 2.28. The zero-order valence-electron chi connectivity index (χ0n) is 11.1. The Labute approximate surface area is 111 Å². The Morgan fingerprint density at radius 2 is 2.11 bits per heavy atom. The van der Waals surface area contributed by atoms with Gasteiger partial charge in [-0.25, -0.2) is 4.98 Å². The minimum atomic E-state index is -4.08. The van der Waals surface area contributed by atoms with Gasteiger partial charge in [-0.2, -0.15) is 13.2 Å². The number of rotatable bonds is 7. The fourth-order valence-electron chi connectivity index (χ4n) is 1.52. The van der Waals surface area contributed by atoms with Gasteiger partial charge in [-0.05, 0) is 32.9 Å². The Kier molecular flexibility index (Phi) is 6.08. The summed E-state index contributed by atoms with van der Waals surface area (Å²) in [5.41, 5.74) is 0.850. The highest BCUT2D eigenvalue weighted by Crippen LogP contribution is 2.21. The molecular weight excluding hydrogens is 257 g/mol. The second-order valence-corrected chi connectivity index (χ2v) is 4.53. The molecule has 1 N–H and O–H groups in total. The molecule has 1 aromatic heterocycles. The molecule has 0 amide bonds. The maximum Gasteiger partial charge on any atom is 0.389 e. The first-order valence-corrected chi connectivity index (χ1v) is 6.26. The van der Waals surface area contributed by atoms with Crippen molar-refractivity contribution >= 4 is 0 Å². The Balaban J connectivity index is 2.36. The molecule has 0 aromatic carbocycles. The zero-order chi connectivity index (χ0) is 14.3. The van der Waals surface area contributed by atoms with Crippen molar-refractivity contribution in [3.8, 4) is 5.88 Å². The number of pyridine rings is 1. The monoisotopic (exact) mass is 276 g/mol. The number of nitrogens with one attached hydrogen (secondary N) is 1. The molecule has 0 aliphatic heterocycles. The maximum atomic E-state index is 12.0. The minimum Gasteiger partial charge on any atom is -0.475 e. The van der Waals surface area contributed by atoms with Crippen LogP contribution in [0.15, 0.2) is 18.3 Å². The number of halogens is 3. The van der Waals surface area contributed by atoms with E-state index >= 15 is 0 Å². The number of nitrogens with zero attached hydrogens (tertiary/aromatic N) is 1. The average molecular weight is 276 g/mol. The zero-order valence-corrected chi connectivity index (χ0v) is 11.1. The molecule has 0 aliphatic rings. The van der Waals surface area contributed by atoms with Crippen LogP contribution in [0.4, 0.5) is 13.2 Å². The van der Waals surface area contributed by atoms with E-state index in [1.165, 1.54) is 0 Å². The second kappa shape index (κ2) is 7.33. The van der Waals surface area contributed by atoms with Crippen molar-refractivity contribution in [2.75, 3.05) is 6.54 Å². The molecule has 0 unspecified atom stereocenters. The highest BCUT2D eigenvalue weighted by molar-refractivity contribution is 5.25. The van der Waals surface area contributed by atoms with Gasteiger partial charge in [-0.15, -0.1) is 0 Å². The summed E-state index contributed by atoms with van der Waals surface area (Å²) in [5, 5.41) is 2.97. The van der Waals surface area contributed by atoms with Crippen molar-refractivity contribution in [3.05, 3.63) is 23.9 Å². The molecule has 0 fully saturated rings. The third kappa shape index (κ3) is 7.00. The van der Waals surface area contributed by atoms with Gasteiger partial charge in [0.25, 0.3) is 0 Å². The second-order valence-electron chi connectivity index (χ2n) is 4.53. The number of hydrogen-bond acceptors (Lipinski definition) is 3. The van der Waals surface area contributed by atoms with E-state index in [1.54, 1.807) is 12.3 Å². The maximum absolute atomic E-state index is 12.0. The molecular formula is C13H19F3N2O. The van der Waals surface area contributed by atoms with Gasteiger partial charge in [0.2, 0.25) is 5.88 Å². The van der Waals surface area contributed by atoms with Gasteiger partial charge >= 0.3 is 6.18 Å². The van der Waals surface area contributed by atoms with Gasteiger partial charge in [0.05, 0.1) is 6.10 Å². The summed E-state index contributed by atoms with van der Waals surface area (Å²) < 4.78 is 41.4. The van der Waals surface area contributed by atoms with Crippen molar-refractivity contribution in [1.82, 2.24) is 10.3 Å². The van der Waals surface area contributed by atoms with Gasteiger partial charge < -0.3 is 10.1 Å². The van der Waals surface area contributed by atoms with Crippen molar-refractivity contribution in [2.24, 2.45) is 0 Å². The van der Waals surface area contributed by atoms with Gasteiger partial charge in [0.15, 0.2) is 0 Å². The molecule has 0 atom stereocenters. The lowest BCUT2D eigenvalue weighted by Crippen LogP contribution is -2.19. The van der Waals surface area contributed by atoms with E-state index < -0.39 is 12.6 Å². The molecule has 19 heavy (non-hydrogen) atoms. The highest BCUT2D eigenvalue weighted by atomic mass is 19.4. The lowest BCUT2D eigenvalue weighted by molar-refractivity contribution is -0.135. The van der Waals surface area contributed by atoms with Crippen LogP contribution in [0.1, 0.15) is 32.3 Å². The first-order valence-electron chi connectivity index (χ1n) is 6.26. The molecule has 3 nitrogen and oxygen atoms in total. The Hall–Kier alpha value is -1.30. The third-order valence-electron chi connectivity index (χ3n) is 2.33. The summed E-state index contributed by atoms with van der Waals surface area (Å²) in [4.78, 5) is 4.11. The quantitative estimate of drug-likeness (QED) is 0.776. The van der Waals surface area contributed by atoms with Crippen LogP contribution in [0.5, 0.6) is 5.88 Å². The summed E-state index contributed by atoms with van der Waals surface area (Å²) >= 11 is 0. The van der Waals surface area contributed by atoms with E-state index in [-0.39, 0.29) is 12.5 Å². The Bertz CT molecular complexity index is 380. The normalized spacial score (nSPS) is 11.9. The highest BCUT2D eigenvalue weighted by Gasteiger charge is 2.25. The third-order valence-corrected chi connectivity index (χ3v) is 2.33. The summed E-state index contributed by atoms with van der Waals surface area (Å²) in [6, 6.07) is 3.63. The first kappa shape index (κ1) is 15.8. The molecule has 108 valence electrons. The molecule has 0 saturated carbocycles. The summed E-state index contributed by atoms with van der Waals surface area (Å²) in [6.45, 7) is 4.56. The van der Waals surface area contributed by atoms with Crippen LogP contribution in [-0.4, -0.2) is 23.8 Å². The lowest BCUT2D eigenvalue weighted by Gasteiger charge is -2.13. The number of aromatic nitrogens is 1. The van der Waals surface area contributed by atoms with E-state index in [2.05, 4.69) is 10.3 Å². The predicted octanol–water partition coefficient (Wildman–Crippen LogP) is 3.30. The number of ether oxygens (including phenoxy) is 1. The van der Waals surface area contributed by atoms with E-state index in [9.17, 15) is 13.2 Å². The van der Waals surface area contributed by atoms with Crippen molar-refractivity contribution in [1.29, 1.82) is 0 Å². The molecule has 0 radical (unpaired) electrons. The fourth-order valence-corrected chi connectivity index (χ4v) is 1.52. The van der Waals surface area contributed by atoms with Crippen LogP contribution in [0.25, 0.3) is 0 Å². The number of hydrogen-bond donors (Lipinski definition) is 1. The summed E-state index contributed by atoms with van der Waals surface area (Å²) in [5.74, 6) is 0.529. The smallest absolute Gasteiger partial charge is 0.389 e. The van der Waals surface area contributed by atoms with Crippen molar-refractivity contribution in [2.45, 2.75) is 45.5 Å². The molecule has 1 aromatic rings. The number of alkyl halides is 3. The van der Waals surface area contributed by atoms with Crippen LogP contribution >= 0.6 is 0 Å². The van der Waals surface area contributed by atoms with E-state index in [1.807, 2.05) is 19.9 Å². The first-order chi connectivity index (χ1) is 8.88. The van der Waals surface area contributed by atoms with Gasteiger partial charge in [0.1, 0.15) is 0 Å². The molecule has 0 aliphatic carbocycles. The van der Waals surface area contributed by atoms with Crippen molar-refractivity contribution < 1.29 is 17.9 Å². The SMILES string of the molecule is CC(C)Oc1ncccc1CNCCCC(F)(F)F. The van der Waals surface area contributed by atoms with Crippen LogP contribution in [0.3, 0.4) is 0 Å². The molecule has 1 heterocycles. The van der Waals surface area contributed by atoms with Crippen LogP contribution < -0.4 is 10.1 Å². The van der Waals surface area contributed by atoms with Gasteiger partial charge in [-0.1, -0.05) is 6.07 Å². The van der Waals surface area contributed by atoms with E-state index in [4.69, 9.17) is 4.74 Å². The molecule has 0 bridgehead atoms. The summed E-state index contributed by atoms with van der Waals surface area (Å²) in [7, 11) is 0. The van der Waals surface area contributed by atoms with Crippen LogP contribution in [-0.2, 0) is 6.54 Å². The molecule has 0 saturated heterocycles. The van der Waals surface area contributed by atoms with Gasteiger partial charge in [0, 0.05) is 24.7 Å². The standard InChI is InChI=1S/C13H19F3N2O/c1-10(2)19-12-11(5-3-8-18-12)9-17-7-4-6-13(14,15)16/h3,5,8,10,17H,4,6-7,9H2,1-2H3. The topological polar surface area (TPSA) is 34.1 Å². The van der Waals surface area contributed by atoms with Crippen molar-refractivity contribution in [3.63, 3.8) is 0 Å². The van der Waals surface area contributed by atoms with E-state index in [0.29, 0.717) is 19.0 Å². The molecule has 0 spiro atoms. The van der Waals surface area contributed by atoms with Gasteiger partial charge in [-0.3, -0.25) is 0 Å². The molecule has 1 rings (SSSR count).